The van der Waals surface area contributed by atoms with Crippen LogP contribution >= 0.6 is 11.8 Å². The van der Waals surface area contributed by atoms with Crippen LogP contribution in [0.4, 0.5) is 0 Å². The van der Waals surface area contributed by atoms with Gasteiger partial charge in [-0.15, -0.1) is 0 Å². The molecule has 1 unspecified atom stereocenters. The third-order valence-electron chi connectivity index (χ3n) is 2.82. The number of esters is 1. The van der Waals surface area contributed by atoms with Crippen LogP contribution in [-0.2, 0) is 11.3 Å². The van der Waals surface area contributed by atoms with Crippen molar-refractivity contribution >= 4 is 17.7 Å². The predicted octanol–water partition coefficient (Wildman–Crippen LogP) is 2.70. The molecule has 100 valence electrons. The molecule has 0 heterocycles. The van der Waals surface area contributed by atoms with Crippen molar-refractivity contribution in [1.29, 1.82) is 0 Å². The first-order chi connectivity index (χ1) is 8.69. The number of hydrogen-bond acceptors (Lipinski definition) is 4. The zero-order valence-corrected chi connectivity index (χ0v) is 12.0. The topological polar surface area (TPSA) is 38.3 Å². The van der Waals surface area contributed by atoms with Crippen LogP contribution in [0.3, 0.4) is 0 Å². The number of carbonyl (C=O) groups excluding carboxylic acids is 1. The Bertz CT molecular complexity index is 382. The molecule has 0 aliphatic rings. The molecule has 0 saturated heterocycles. The Morgan fingerprint density at radius 1 is 1.44 bits per heavy atom. The van der Waals surface area contributed by atoms with E-state index in [-0.39, 0.29) is 5.97 Å². The molecule has 0 aliphatic heterocycles. The first kappa shape index (κ1) is 15.1. The van der Waals surface area contributed by atoms with Gasteiger partial charge in [0.2, 0.25) is 0 Å². The largest absolute Gasteiger partial charge is 0.465 e. The van der Waals surface area contributed by atoms with Crippen LogP contribution in [0.15, 0.2) is 24.3 Å². The molecule has 0 saturated carbocycles. The number of ether oxygens (including phenoxy) is 1. The van der Waals surface area contributed by atoms with Crippen LogP contribution in [0.1, 0.15) is 29.3 Å². The van der Waals surface area contributed by atoms with Crippen molar-refractivity contribution in [1.82, 2.24) is 5.32 Å². The lowest BCUT2D eigenvalue weighted by atomic mass is 10.1. The monoisotopic (exact) mass is 267 g/mol. The number of hydrogen-bond donors (Lipinski definition) is 1. The molecular formula is C14H21NO2S. The molecule has 1 aromatic rings. The Balaban J connectivity index is 2.59. The molecule has 1 aromatic carbocycles. The van der Waals surface area contributed by atoms with Crippen LogP contribution in [0.5, 0.6) is 0 Å². The zero-order valence-electron chi connectivity index (χ0n) is 11.2. The molecule has 3 nitrogen and oxygen atoms in total. The van der Waals surface area contributed by atoms with Crippen molar-refractivity contribution in [3.8, 4) is 0 Å². The molecule has 0 aromatic heterocycles. The summed E-state index contributed by atoms with van der Waals surface area (Å²) in [4.78, 5) is 11.6. The minimum atomic E-state index is -0.274. The van der Waals surface area contributed by atoms with Crippen LogP contribution in [0.25, 0.3) is 0 Å². The Morgan fingerprint density at radius 3 is 2.83 bits per heavy atom. The van der Waals surface area contributed by atoms with E-state index in [9.17, 15) is 4.79 Å². The molecule has 1 N–H and O–H groups in total. The quantitative estimate of drug-likeness (QED) is 0.771. The molecule has 0 bridgehead atoms. The molecule has 0 fully saturated rings. The zero-order chi connectivity index (χ0) is 13.4. The van der Waals surface area contributed by atoms with Gasteiger partial charge < -0.3 is 10.1 Å². The minimum Gasteiger partial charge on any atom is -0.465 e. The van der Waals surface area contributed by atoms with Gasteiger partial charge in [-0.1, -0.05) is 18.2 Å². The fourth-order valence-corrected chi connectivity index (χ4v) is 2.25. The molecule has 0 spiro atoms. The molecule has 1 atom stereocenters. The van der Waals surface area contributed by atoms with E-state index in [0.717, 1.165) is 17.7 Å². The van der Waals surface area contributed by atoms with Gasteiger partial charge in [-0.25, -0.2) is 4.79 Å². The predicted molar refractivity (Wildman–Crippen MR) is 77.1 cm³/mol. The summed E-state index contributed by atoms with van der Waals surface area (Å²) >= 11 is 1.85. The molecule has 1 rings (SSSR count). The maximum atomic E-state index is 11.6. The van der Waals surface area contributed by atoms with E-state index in [2.05, 4.69) is 18.5 Å². The lowest BCUT2D eigenvalue weighted by molar-refractivity contribution is 0.0599. The van der Waals surface area contributed by atoms with Crippen molar-refractivity contribution in [2.24, 2.45) is 0 Å². The Morgan fingerprint density at radius 2 is 2.17 bits per heavy atom. The lowest BCUT2D eigenvalue weighted by Gasteiger charge is -2.14. The third-order valence-corrected chi connectivity index (χ3v) is 3.46. The lowest BCUT2D eigenvalue weighted by Crippen LogP contribution is -2.26. The standard InChI is InChI=1S/C14H21NO2S/c1-11(8-9-18-3)15-10-12-6-4-5-7-13(12)14(16)17-2/h4-7,11,15H,8-10H2,1-3H3. The number of nitrogens with one attached hydrogen (secondary N) is 1. The average Bonchev–Trinajstić information content (AvgIpc) is 2.42. The minimum absolute atomic E-state index is 0.274. The number of methoxy groups -OCH3 is 1. The van der Waals surface area contributed by atoms with Gasteiger partial charge in [0.05, 0.1) is 12.7 Å². The van der Waals surface area contributed by atoms with Crippen LogP contribution in [0.2, 0.25) is 0 Å². The van der Waals surface area contributed by atoms with Crippen molar-refractivity contribution in [2.45, 2.75) is 25.9 Å². The van der Waals surface area contributed by atoms with Crippen LogP contribution < -0.4 is 5.32 Å². The Kier molecular flexibility index (Phi) is 6.83. The second-order valence-electron chi connectivity index (χ2n) is 4.21. The van der Waals surface area contributed by atoms with E-state index in [1.807, 2.05) is 30.0 Å². The van der Waals surface area contributed by atoms with E-state index in [4.69, 9.17) is 4.74 Å². The van der Waals surface area contributed by atoms with Crippen LogP contribution in [-0.4, -0.2) is 31.1 Å². The molecule has 18 heavy (non-hydrogen) atoms. The highest BCUT2D eigenvalue weighted by atomic mass is 32.2. The highest BCUT2D eigenvalue weighted by Gasteiger charge is 2.11. The molecule has 0 radical (unpaired) electrons. The Hall–Kier alpha value is -1.00. The van der Waals surface area contributed by atoms with Gasteiger partial charge in [-0.05, 0) is 37.0 Å². The maximum absolute atomic E-state index is 11.6. The summed E-state index contributed by atoms with van der Waals surface area (Å²) in [5.74, 6) is 0.872. The summed E-state index contributed by atoms with van der Waals surface area (Å²) in [5.41, 5.74) is 1.63. The molecule has 0 amide bonds. The van der Waals surface area contributed by atoms with E-state index in [1.54, 1.807) is 6.07 Å². The van der Waals surface area contributed by atoms with Crippen molar-refractivity contribution < 1.29 is 9.53 Å². The summed E-state index contributed by atoms with van der Waals surface area (Å²) in [7, 11) is 1.41. The second kappa shape index (κ2) is 8.16. The fraction of sp³-hybridized carbons (Fsp3) is 0.500. The van der Waals surface area contributed by atoms with E-state index in [0.29, 0.717) is 18.2 Å². The van der Waals surface area contributed by atoms with Crippen molar-refractivity contribution in [2.75, 3.05) is 19.1 Å². The van der Waals surface area contributed by atoms with Gasteiger partial charge in [-0.2, -0.15) is 11.8 Å². The third kappa shape index (κ3) is 4.70. The summed E-state index contributed by atoms with van der Waals surface area (Å²) in [6.45, 7) is 2.86. The summed E-state index contributed by atoms with van der Waals surface area (Å²) in [6, 6.07) is 8.00. The molecule has 4 heteroatoms. The summed E-state index contributed by atoms with van der Waals surface area (Å²) < 4.78 is 4.78. The van der Waals surface area contributed by atoms with Crippen LogP contribution in [0, 0.1) is 0 Å². The van der Waals surface area contributed by atoms with E-state index >= 15 is 0 Å². The van der Waals surface area contributed by atoms with Gasteiger partial charge in [0.25, 0.3) is 0 Å². The van der Waals surface area contributed by atoms with E-state index < -0.39 is 0 Å². The summed E-state index contributed by atoms with van der Waals surface area (Å²) in [6.07, 6.45) is 3.24. The first-order valence-corrected chi connectivity index (χ1v) is 7.47. The first-order valence-electron chi connectivity index (χ1n) is 6.07. The fourth-order valence-electron chi connectivity index (χ4n) is 1.66. The highest BCUT2D eigenvalue weighted by Crippen LogP contribution is 2.10. The SMILES string of the molecule is COC(=O)c1ccccc1CNC(C)CCSC. The normalized spacial score (nSPS) is 12.2. The number of carbonyl (C=O) groups is 1. The van der Waals surface area contributed by atoms with Crippen molar-refractivity contribution in [3.63, 3.8) is 0 Å². The van der Waals surface area contributed by atoms with E-state index in [1.165, 1.54) is 7.11 Å². The average molecular weight is 267 g/mol. The Labute approximate surface area is 113 Å². The van der Waals surface area contributed by atoms with Gasteiger partial charge in [-0.3, -0.25) is 0 Å². The summed E-state index contributed by atoms with van der Waals surface area (Å²) in [5, 5.41) is 3.43. The van der Waals surface area contributed by atoms with Gasteiger partial charge in [0, 0.05) is 12.6 Å². The van der Waals surface area contributed by atoms with Crippen molar-refractivity contribution in [3.05, 3.63) is 35.4 Å². The van der Waals surface area contributed by atoms with Gasteiger partial charge in [0.15, 0.2) is 0 Å². The van der Waals surface area contributed by atoms with Gasteiger partial charge >= 0.3 is 5.97 Å². The number of benzene rings is 1. The smallest absolute Gasteiger partial charge is 0.338 e. The number of rotatable bonds is 7. The maximum Gasteiger partial charge on any atom is 0.338 e. The van der Waals surface area contributed by atoms with Gasteiger partial charge in [0.1, 0.15) is 0 Å². The molecular weight excluding hydrogens is 246 g/mol. The highest BCUT2D eigenvalue weighted by molar-refractivity contribution is 7.98. The molecule has 0 aliphatic carbocycles. The second-order valence-corrected chi connectivity index (χ2v) is 5.20. The number of thioether (sulfide) groups is 1.